The summed E-state index contributed by atoms with van der Waals surface area (Å²) in [5.74, 6) is -0.620. The van der Waals surface area contributed by atoms with Gasteiger partial charge in [-0.3, -0.25) is 4.79 Å². The largest absolute Gasteiger partial charge is 0.507 e. The highest BCUT2D eigenvalue weighted by atomic mass is 32.2. The summed E-state index contributed by atoms with van der Waals surface area (Å²) in [6.45, 7) is 0. The maximum atomic E-state index is 11.9. The summed E-state index contributed by atoms with van der Waals surface area (Å²) in [5.41, 5.74) is 0.936. The van der Waals surface area contributed by atoms with E-state index in [-0.39, 0.29) is 23.5 Å². The smallest absolute Gasteiger partial charge is 0.346 e. The van der Waals surface area contributed by atoms with Gasteiger partial charge in [0.2, 0.25) is 0 Å². The van der Waals surface area contributed by atoms with Crippen molar-refractivity contribution in [2.75, 3.05) is 12.0 Å². The number of hydrogen-bond acceptors (Lipinski definition) is 5. The molecule has 4 nitrogen and oxygen atoms in total. The lowest BCUT2D eigenvalue weighted by molar-refractivity contribution is -0.141. The molecule has 0 aromatic heterocycles. The molecular weight excluding hydrogens is 288 g/mol. The molecule has 1 N–H and O–H groups in total. The lowest BCUT2D eigenvalue weighted by Crippen LogP contribution is -2.13. The van der Waals surface area contributed by atoms with Crippen LogP contribution in [0.1, 0.15) is 18.4 Å². The van der Waals surface area contributed by atoms with Gasteiger partial charge in [0.25, 0.3) is 0 Å². The van der Waals surface area contributed by atoms with Crippen LogP contribution in [-0.2, 0) is 20.7 Å². The van der Waals surface area contributed by atoms with Crippen LogP contribution in [0.4, 0.5) is 0 Å². The van der Waals surface area contributed by atoms with E-state index in [4.69, 9.17) is 4.74 Å². The number of esters is 1. The number of ketones is 1. The number of ether oxygens (including phenoxy) is 1. The summed E-state index contributed by atoms with van der Waals surface area (Å²) in [7, 11) is 0. The molecule has 0 saturated carbocycles. The minimum atomic E-state index is -0.703. The van der Waals surface area contributed by atoms with E-state index >= 15 is 0 Å². The zero-order valence-corrected chi connectivity index (χ0v) is 12.7. The summed E-state index contributed by atoms with van der Waals surface area (Å²) in [6.07, 6.45) is 2.57. The van der Waals surface area contributed by atoms with Crippen LogP contribution in [0.5, 0.6) is 0 Å². The number of carbonyl (C=O) groups is 2. The Morgan fingerprint density at radius 1 is 1.33 bits per heavy atom. The van der Waals surface area contributed by atoms with Crippen LogP contribution in [0.25, 0.3) is 0 Å². The summed E-state index contributed by atoms with van der Waals surface area (Å²) in [6, 6.07) is 9.75. The molecule has 112 valence electrons. The highest BCUT2D eigenvalue weighted by molar-refractivity contribution is 7.98. The topological polar surface area (TPSA) is 63.6 Å². The number of hydrogen-bond donors (Lipinski definition) is 1. The molecule has 0 spiro atoms. The Morgan fingerprint density at radius 2 is 2.05 bits per heavy atom. The van der Waals surface area contributed by atoms with Crippen LogP contribution in [0.15, 0.2) is 41.7 Å². The second-order valence-electron chi connectivity index (χ2n) is 4.84. The first kappa shape index (κ1) is 15.6. The number of rotatable bonds is 7. The summed E-state index contributed by atoms with van der Waals surface area (Å²) in [4.78, 5) is 23.7. The molecule has 0 bridgehead atoms. The molecule has 1 aliphatic heterocycles. The number of thioether (sulfide) groups is 1. The molecule has 0 aliphatic carbocycles. The van der Waals surface area contributed by atoms with Gasteiger partial charge in [0, 0.05) is 12.2 Å². The Hall–Kier alpha value is -1.75. The maximum absolute atomic E-state index is 11.9. The van der Waals surface area contributed by atoms with Gasteiger partial charge in [0.15, 0.2) is 17.6 Å². The number of aliphatic hydroxyl groups excluding tert-OH is 1. The molecule has 0 radical (unpaired) electrons. The number of aliphatic hydroxyl groups is 1. The van der Waals surface area contributed by atoms with Crippen molar-refractivity contribution in [3.05, 3.63) is 47.2 Å². The van der Waals surface area contributed by atoms with Gasteiger partial charge in [-0.25, -0.2) is 4.79 Å². The zero-order valence-electron chi connectivity index (χ0n) is 11.9. The highest BCUT2D eigenvalue weighted by Crippen LogP contribution is 2.26. The van der Waals surface area contributed by atoms with Gasteiger partial charge in [-0.1, -0.05) is 30.3 Å². The van der Waals surface area contributed by atoms with Gasteiger partial charge in [0.05, 0.1) is 0 Å². The van der Waals surface area contributed by atoms with E-state index in [0.717, 1.165) is 5.56 Å². The van der Waals surface area contributed by atoms with Crippen LogP contribution in [0, 0.1) is 0 Å². The minimum Gasteiger partial charge on any atom is -0.507 e. The number of aryl methyl sites for hydroxylation is 1. The van der Waals surface area contributed by atoms with Gasteiger partial charge >= 0.3 is 5.97 Å². The molecule has 0 saturated heterocycles. The maximum Gasteiger partial charge on any atom is 0.346 e. The van der Waals surface area contributed by atoms with Crippen molar-refractivity contribution in [3.8, 4) is 0 Å². The van der Waals surface area contributed by atoms with Crippen molar-refractivity contribution in [1.29, 1.82) is 0 Å². The summed E-state index contributed by atoms with van der Waals surface area (Å²) >= 11 is 1.52. The fourth-order valence-electron chi connectivity index (χ4n) is 2.22. The van der Waals surface area contributed by atoms with Crippen molar-refractivity contribution >= 4 is 23.5 Å². The van der Waals surface area contributed by atoms with E-state index in [9.17, 15) is 14.7 Å². The number of carbonyl (C=O) groups excluding carboxylic acids is 2. The predicted octanol–water partition coefficient (Wildman–Crippen LogP) is 2.68. The highest BCUT2D eigenvalue weighted by Gasteiger charge is 2.37. The van der Waals surface area contributed by atoms with Crippen LogP contribution < -0.4 is 0 Å². The average Bonchev–Trinajstić information content (AvgIpc) is 2.78. The fraction of sp³-hybridized carbons (Fsp3) is 0.375. The van der Waals surface area contributed by atoms with E-state index in [2.05, 4.69) is 0 Å². The third-order valence-electron chi connectivity index (χ3n) is 3.36. The second-order valence-corrected chi connectivity index (χ2v) is 5.83. The molecule has 1 aromatic carbocycles. The molecule has 5 heteroatoms. The molecule has 0 amide bonds. The zero-order chi connectivity index (χ0) is 15.2. The lowest BCUT2D eigenvalue weighted by atomic mass is 10.0. The first-order valence-electron chi connectivity index (χ1n) is 6.83. The molecule has 21 heavy (non-hydrogen) atoms. The third kappa shape index (κ3) is 3.88. The van der Waals surface area contributed by atoms with Crippen molar-refractivity contribution in [1.82, 2.24) is 0 Å². The molecule has 1 heterocycles. The molecule has 1 atom stereocenters. The van der Waals surface area contributed by atoms with Crippen molar-refractivity contribution in [3.63, 3.8) is 0 Å². The fourth-order valence-corrected chi connectivity index (χ4v) is 2.61. The first-order valence-corrected chi connectivity index (χ1v) is 8.23. The van der Waals surface area contributed by atoms with E-state index in [1.165, 1.54) is 11.8 Å². The Labute approximate surface area is 128 Å². The Balaban J connectivity index is 2.00. The van der Waals surface area contributed by atoms with Crippen molar-refractivity contribution in [2.24, 2.45) is 0 Å². The van der Waals surface area contributed by atoms with Gasteiger partial charge in [-0.05, 0) is 24.7 Å². The third-order valence-corrected chi connectivity index (χ3v) is 3.98. The molecular formula is C16H18O4S. The van der Waals surface area contributed by atoms with Crippen LogP contribution in [0.2, 0.25) is 0 Å². The van der Waals surface area contributed by atoms with E-state index in [1.54, 1.807) is 0 Å². The van der Waals surface area contributed by atoms with Gasteiger partial charge in [-0.2, -0.15) is 11.8 Å². The van der Waals surface area contributed by atoms with Gasteiger partial charge in [0.1, 0.15) is 5.57 Å². The molecule has 1 aliphatic rings. The number of benzene rings is 1. The van der Waals surface area contributed by atoms with Gasteiger partial charge in [-0.15, -0.1) is 0 Å². The average molecular weight is 306 g/mol. The molecule has 0 fully saturated rings. The predicted molar refractivity (Wildman–Crippen MR) is 82.3 cm³/mol. The Morgan fingerprint density at radius 3 is 2.71 bits per heavy atom. The molecule has 1 aromatic rings. The normalized spacial score (nSPS) is 18.0. The van der Waals surface area contributed by atoms with Crippen LogP contribution in [0.3, 0.4) is 0 Å². The van der Waals surface area contributed by atoms with E-state index in [0.29, 0.717) is 18.6 Å². The monoisotopic (exact) mass is 306 g/mol. The second kappa shape index (κ2) is 7.31. The van der Waals surface area contributed by atoms with Crippen LogP contribution >= 0.6 is 11.8 Å². The quantitative estimate of drug-likeness (QED) is 0.620. The molecule has 1 unspecified atom stereocenters. The SMILES string of the molecule is CSCCC(=O)C1=C(O)C(CCc2ccccc2)OC1=O. The standard InChI is InChI=1S/C16H18O4S/c1-21-10-9-12(17)14-15(18)13(20-16(14)19)8-7-11-5-3-2-4-6-11/h2-6,13,18H,7-10H2,1H3. The van der Waals surface area contributed by atoms with Crippen LogP contribution in [-0.4, -0.2) is 35.0 Å². The van der Waals surface area contributed by atoms with Gasteiger partial charge < -0.3 is 9.84 Å². The van der Waals surface area contributed by atoms with E-state index in [1.807, 2.05) is 36.6 Å². The summed E-state index contributed by atoms with van der Waals surface area (Å²) in [5, 5.41) is 10.1. The number of Topliss-reactive ketones (excluding diaryl/α,β-unsaturated/α-hetero) is 1. The van der Waals surface area contributed by atoms with E-state index < -0.39 is 12.1 Å². The van der Waals surface area contributed by atoms with Crippen molar-refractivity contribution in [2.45, 2.75) is 25.4 Å². The lowest BCUT2D eigenvalue weighted by Gasteiger charge is -2.09. The van der Waals surface area contributed by atoms with Crippen molar-refractivity contribution < 1.29 is 19.4 Å². The Kier molecular flexibility index (Phi) is 5.44. The molecule has 2 rings (SSSR count). The Bertz CT molecular complexity index is 551. The summed E-state index contributed by atoms with van der Waals surface area (Å²) < 4.78 is 5.12. The first-order chi connectivity index (χ1) is 10.1. The minimum absolute atomic E-state index is 0.165. The number of cyclic esters (lactones) is 1.